The molecule has 0 aliphatic carbocycles. The molecule has 0 spiro atoms. The van der Waals surface area contributed by atoms with Crippen molar-refractivity contribution >= 4 is 39.6 Å². The van der Waals surface area contributed by atoms with Gasteiger partial charge in [-0.05, 0) is 88.0 Å². The molecule has 8 heteroatoms. The molecule has 0 heterocycles. The van der Waals surface area contributed by atoms with Crippen LogP contribution >= 0.6 is 15.9 Å². The normalized spacial score (nSPS) is 11.9. The number of aryl methyl sites for hydroxylation is 1. The number of hydrogen-bond donors (Lipinski definition) is 3. The molecule has 0 unspecified atom stereocenters. The molecule has 0 saturated carbocycles. The van der Waals surface area contributed by atoms with Gasteiger partial charge in [-0.3, -0.25) is 9.59 Å². The summed E-state index contributed by atoms with van der Waals surface area (Å²) in [4.78, 5) is 24.6. The highest BCUT2D eigenvalue weighted by atomic mass is 79.9. The van der Waals surface area contributed by atoms with Gasteiger partial charge in [0.05, 0.1) is 6.21 Å². The molecule has 40 heavy (non-hydrogen) atoms. The van der Waals surface area contributed by atoms with Crippen molar-refractivity contribution in [2.75, 3.05) is 11.9 Å². The molecule has 0 radical (unpaired) electrons. The molecule has 0 atom stereocenters. The predicted molar refractivity (Wildman–Crippen MR) is 164 cm³/mol. The van der Waals surface area contributed by atoms with Gasteiger partial charge in [0.15, 0.2) is 6.61 Å². The summed E-state index contributed by atoms with van der Waals surface area (Å²) in [5.41, 5.74) is 6.37. The van der Waals surface area contributed by atoms with Crippen LogP contribution in [0.2, 0.25) is 0 Å². The number of nitrogens with zero attached hydrogens (tertiary/aromatic N) is 1. The summed E-state index contributed by atoms with van der Waals surface area (Å²) in [5, 5.41) is 17.7. The molecule has 7 nitrogen and oxygen atoms in total. The van der Waals surface area contributed by atoms with E-state index in [4.69, 9.17) is 4.74 Å². The highest BCUT2D eigenvalue weighted by Gasteiger charge is 2.26. The van der Waals surface area contributed by atoms with Crippen molar-refractivity contribution < 1.29 is 19.4 Å². The van der Waals surface area contributed by atoms with Crippen molar-refractivity contribution in [2.24, 2.45) is 5.10 Å². The number of phenols is 1. The summed E-state index contributed by atoms with van der Waals surface area (Å²) in [6.07, 6.45) is 2.36. The number of benzene rings is 3. The summed E-state index contributed by atoms with van der Waals surface area (Å²) in [7, 11) is 0. The zero-order valence-corrected chi connectivity index (χ0v) is 25.6. The summed E-state index contributed by atoms with van der Waals surface area (Å²) < 4.78 is 6.48. The number of carbonyl (C=O) groups excluding carboxylic acids is 2. The molecule has 0 aliphatic rings. The van der Waals surface area contributed by atoms with Crippen LogP contribution in [0.5, 0.6) is 11.5 Å². The van der Waals surface area contributed by atoms with Gasteiger partial charge in [-0.2, -0.15) is 5.10 Å². The van der Waals surface area contributed by atoms with Crippen molar-refractivity contribution in [3.63, 3.8) is 0 Å². The van der Waals surface area contributed by atoms with E-state index in [0.717, 1.165) is 26.7 Å². The number of hydrogen-bond acceptors (Lipinski definition) is 5. The van der Waals surface area contributed by atoms with E-state index in [-0.39, 0.29) is 35.7 Å². The van der Waals surface area contributed by atoms with E-state index < -0.39 is 0 Å². The van der Waals surface area contributed by atoms with E-state index in [9.17, 15) is 14.7 Å². The van der Waals surface area contributed by atoms with Crippen molar-refractivity contribution in [1.29, 1.82) is 0 Å². The standard InChI is InChI=1S/C32H38BrN3O4/c1-31(2,3)26-17-22(18-27(30(26)39)32(4,5)6)9-16-28(37)36-34-19-21-7-14-25(15-8-21)40-20-29(38)35-24-12-10-23(33)11-13-24/h7-8,10-15,17-19,39H,9,16,20H2,1-6H3,(H,35,38)(H,36,37)/b34-19-. The van der Waals surface area contributed by atoms with Crippen LogP contribution in [0.15, 0.2) is 70.2 Å². The second-order valence-electron chi connectivity index (χ2n) is 11.7. The van der Waals surface area contributed by atoms with Crippen LogP contribution in [-0.4, -0.2) is 29.7 Å². The highest BCUT2D eigenvalue weighted by molar-refractivity contribution is 9.10. The van der Waals surface area contributed by atoms with Crippen LogP contribution in [0.1, 0.15) is 70.2 Å². The largest absolute Gasteiger partial charge is 0.507 e. The Morgan fingerprint density at radius 1 is 0.900 bits per heavy atom. The summed E-state index contributed by atoms with van der Waals surface area (Å²) in [6.45, 7) is 12.3. The summed E-state index contributed by atoms with van der Waals surface area (Å²) >= 11 is 3.36. The molecule has 2 amide bonds. The van der Waals surface area contributed by atoms with Gasteiger partial charge in [-0.1, -0.05) is 69.6 Å². The Hall–Kier alpha value is -3.65. The first-order chi connectivity index (χ1) is 18.7. The van der Waals surface area contributed by atoms with Gasteiger partial charge >= 0.3 is 0 Å². The first-order valence-electron chi connectivity index (χ1n) is 13.2. The molecule has 212 valence electrons. The highest BCUT2D eigenvalue weighted by Crippen LogP contribution is 2.40. The Morgan fingerprint density at radius 3 is 2.02 bits per heavy atom. The van der Waals surface area contributed by atoms with E-state index in [1.165, 1.54) is 0 Å². The second-order valence-corrected chi connectivity index (χ2v) is 12.7. The fourth-order valence-electron chi connectivity index (χ4n) is 4.00. The van der Waals surface area contributed by atoms with Crippen molar-refractivity contribution in [1.82, 2.24) is 5.43 Å². The van der Waals surface area contributed by atoms with E-state index in [2.05, 4.69) is 73.3 Å². The summed E-state index contributed by atoms with van der Waals surface area (Å²) in [6, 6.07) is 18.3. The van der Waals surface area contributed by atoms with Crippen LogP contribution in [0.4, 0.5) is 5.69 Å². The molecule has 3 N–H and O–H groups in total. The fraction of sp³-hybridized carbons (Fsp3) is 0.344. The number of nitrogens with one attached hydrogen (secondary N) is 2. The minimum Gasteiger partial charge on any atom is -0.507 e. The third-order valence-corrected chi connectivity index (χ3v) is 6.74. The zero-order chi connectivity index (χ0) is 29.5. The molecule has 3 rings (SSSR count). The first-order valence-corrected chi connectivity index (χ1v) is 14.0. The number of hydrazone groups is 1. The van der Waals surface area contributed by atoms with E-state index in [1.54, 1.807) is 42.6 Å². The van der Waals surface area contributed by atoms with Crippen LogP contribution in [0, 0.1) is 0 Å². The van der Waals surface area contributed by atoms with Gasteiger partial charge in [0.25, 0.3) is 5.91 Å². The lowest BCUT2D eigenvalue weighted by Gasteiger charge is -2.28. The van der Waals surface area contributed by atoms with Gasteiger partial charge in [-0.15, -0.1) is 0 Å². The van der Waals surface area contributed by atoms with E-state index in [0.29, 0.717) is 23.6 Å². The Morgan fingerprint density at radius 2 is 1.48 bits per heavy atom. The zero-order valence-electron chi connectivity index (χ0n) is 24.0. The molecular weight excluding hydrogens is 570 g/mol. The van der Waals surface area contributed by atoms with Gasteiger partial charge in [0.2, 0.25) is 5.91 Å². The molecule has 0 aliphatic heterocycles. The monoisotopic (exact) mass is 607 g/mol. The maximum Gasteiger partial charge on any atom is 0.262 e. The maximum atomic E-state index is 12.5. The van der Waals surface area contributed by atoms with Gasteiger partial charge in [0, 0.05) is 16.6 Å². The molecule has 0 aromatic heterocycles. The van der Waals surface area contributed by atoms with Crippen molar-refractivity contribution in [3.05, 3.63) is 87.4 Å². The average Bonchev–Trinajstić information content (AvgIpc) is 2.87. The number of amides is 2. The third kappa shape index (κ3) is 9.23. The Bertz CT molecular complexity index is 1320. The molecule has 0 bridgehead atoms. The predicted octanol–water partition coefficient (Wildman–Crippen LogP) is 6.85. The van der Waals surface area contributed by atoms with Gasteiger partial charge in [0.1, 0.15) is 11.5 Å². The average molecular weight is 609 g/mol. The third-order valence-electron chi connectivity index (χ3n) is 6.21. The number of phenolic OH excluding ortho intramolecular Hbond substituents is 1. The Labute approximate surface area is 245 Å². The molecule has 3 aromatic carbocycles. The number of ether oxygens (including phenoxy) is 1. The lowest BCUT2D eigenvalue weighted by atomic mass is 9.78. The lowest BCUT2D eigenvalue weighted by molar-refractivity contribution is -0.121. The lowest BCUT2D eigenvalue weighted by Crippen LogP contribution is -2.20. The number of carbonyl (C=O) groups is 2. The van der Waals surface area contributed by atoms with Gasteiger partial charge in [-0.25, -0.2) is 5.43 Å². The Balaban J connectivity index is 1.49. The van der Waals surface area contributed by atoms with E-state index in [1.807, 2.05) is 24.3 Å². The quantitative estimate of drug-likeness (QED) is 0.183. The maximum absolute atomic E-state index is 12.5. The second kappa shape index (κ2) is 13.1. The molecular formula is C32H38BrN3O4. The SMILES string of the molecule is CC(C)(C)c1cc(CCC(=O)N/N=C\c2ccc(OCC(=O)Nc3ccc(Br)cc3)cc2)cc(C(C)(C)C)c1O. The van der Waals surface area contributed by atoms with E-state index >= 15 is 0 Å². The molecule has 0 fully saturated rings. The van der Waals surface area contributed by atoms with Crippen molar-refractivity contribution in [2.45, 2.75) is 65.2 Å². The minimum atomic E-state index is -0.257. The van der Waals surface area contributed by atoms with Crippen LogP contribution in [0.3, 0.4) is 0 Å². The van der Waals surface area contributed by atoms with Gasteiger partial charge < -0.3 is 15.2 Å². The number of rotatable bonds is 9. The minimum absolute atomic E-state index is 0.116. The van der Waals surface area contributed by atoms with Crippen LogP contribution in [-0.2, 0) is 26.8 Å². The number of aromatic hydroxyl groups is 1. The number of halogens is 1. The fourth-order valence-corrected chi connectivity index (χ4v) is 4.27. The first kappa shape index (κ1) is 30.9. The smallest absolute Gasteiger partial charge is 0.262 e. The number of anilines is 1. The van der Waals surface area contributed by atoms with Crippen LogP contribution in [0.25, 0.3) is 0 Å². The topological polar surface area (TPSA) is 100 Å². The Kier molecular flexibility index (Phi) is 10.1. The molecule has 3 aromatic rings. The van der Waals surface area contributed by atoms with Crippen LogP contribution < -0.4 is 15.5 Å². The molecule has 0 saturated heterocycles. The van der Waals surface area contributed by atoms with Crippen molar-refractivity contribution in [3.8, 4) is 11.5 Å². The summed E-state index contributed by atoms with van der Waals surface area (Å²) in [5.74, 6) is 0.423.